The van der Waals surface area contributed by atoms with Crippen LogP contribution in [0.1, 0.15) is 49.8 Å². The van der Waals surface area contributed by atoms with Crippen LogP contribution < -0.4 is 17.2 Å². The number of nitrogens with zero attached hydrogens (tertiary/aromatic N) is 2. The third-order valence-electron chi connectivity index (χ3n) is 4.93. The van der Waals surface area contributed by atoms with Crippen LogP contribution in [0.3, 0.4) is 0 Å². The van der Waals surface area contributed by atoms with E-state index in [-0.39, 0.29) is 23.9 Å². The lowest BCUT2D eigenvalue weighted by Gasteiger charge is -2.35. The number of aromatic nitrogens is 2. The van der Waals surface area contributed by atoms with E-state index >= 15 is 0 Å². The molecule has 2 aromatic rings. The summed E-state index contributed by atoms with van der Waals surface area (Å²) >= 11 is 7.56. The number of anilines is 2. The number of hydrogen-bond acceptors (Lipinski definition) is 7. The molecule has 0 spiro atoms. The van der Waals surface area contributed by atoms with Gasteiger partial charge in [0.1, 0.15) is 10.8 Å². The van der Waals surface area contributed by atoms with Crippen molar-refractivity contribution in [3.8, 4) is 0 Å². The Labute approximate surface area is 162 Å². The fourth-order valence-electron chi connectivity index (χ4n) is 3.45. The SMILES string of the molecule is CC1(N)CCC(c2c(N)cc(Sc3ccnc(N)c3Cl)nc2CO)CC1. The molecule has 1 aliphatic carbocycles. The van der Waals surface area contributed by atoms with Crippen molar-refractivity contribution in [3.05, 3.63) is 34.6 Å². The topological polar surface area (TPSA) is 124 Å². The lowest BCUT2D eigenvalue weighted by atomic mass is 9.75. The first kappa shape index (κ1) is 19.2. The van der Waals surface area contributed by atoms with Crippen LogP contribution in [0.15, 0.2) is 28.3 Å². The number of nitrogen functional groups attached to an aromatic ring is 2. The monoisotopic (exact) mass is 393 g/mol. The van der Waals surface area contributed by atoms with Crippen LogP contribution in [0.25, 0.3) is 0 Å². The zero-order chi connectivity index (χ0) is 18.9. The highest BCUT2D eigenvalue weighted by Gasteiger charge is 2.30. The van der Waals surface area contributed by atoms with E-state index in [0.29, 0.717) is 21.4 Å². The summed E-state index contributed by atoms with van der Waals surface area (Å²) < 4.78 is 0. The second kappa shape index (κ2) is 7.60. The minimum absolute atomic E-state index is 0.119. The molecule has 0 saturated heterocycles. The summed E-state index contributed by atoms with van der Waals surface area (Å²) in [4.78, 5) is 9.32. The summed E-state index contributed by atoms with van der Waals surface area (Å²) in [6, 6.07) is 3.61. The molecule has 1 fully saturated rings. The van der Waals surface area contributed by atoms with Gasteiger partial charge in [-0.15, -0.1) is 0 Å². The molecule has 0 radical (unpaired) electrons. The zero-order valence-corrected chi connectivity index (χ0v) is 16.3. The Balaban J connectivity index is 1.89. The highest BCUT2D eigenvalue weighted by molar-refractivity contribution is 7.99. The molecule has 0 unspecified atom stereocenters. The van der Waals surface area contributed by atoms with E-state index in [1.54, 1.807) is 12.3 Å². The highest BCUT2D eigenvalue weighted by Crippen LogP contribution is 2.42. The molecule has 0 atom stereocenters. The average Bonchev–Trinajstić information content (AvgIpc) is 2.59. The molecule has 1 saturated carbocycles. The lowest BCUT2D eigenvalue weighted by molar-refractivity contribution is 0.266. The van der Waals surface area contributed by atoms with Crippen LogP contribution in [0.5, 0.6) is 0 Å². The third-order valence-corrected chi connectivity index (χ3v) is 6.41. The number of aliphatic hydroxyl groups excluding tert-OH is 1. The first-order chi connectivity index (χ1) is 12.3. The maximum absolute atomic E-state index is 9.86. The lowest BCUT2D eigenvalue weighted by Crippen LogP contribution is -2.39. The van der Waals surface area contributed by atoms with Gasteiger partial charge in [-0.1, -0.05) is 23.4 Å². The first-order valence-corrected chi connectivity index (χ1v) is 9.77. The van der Waals surface area contributed by atoms with Crippen LogP contribution in [0.2, 0.25) is 5.02 Å². The Morgan fingerprint density at radius 3 is 2.69 bits per heavy atom. The Bertz CT molecular complexity index is 804. The molecule has 26 heavy (non-hydrogen) atoms. The molecule has 6 nitrogen and oxygen atoms in total. The minimum Gasteiger partial charge on any atom is -0.398 e. The van der Waals surface area contributed by atoms with Gasteiger partial charge >= 0.3 is 0 Å². The summed E-state index contributed by atoms with van der Waals surface area (Å²) in [6.07, 6.45) is 5.37. The highest BCUT2D eigenvalue weighted by atomic mass is 35.5. The first-order valence-electron chi connectivity index (χ1n) is 8.57. The smallest absolute Gasteiger partial charge is 0.143 e. The van der Waals surface area contributed by atoms with Gasteiger partial charge in [-0.3, -0.25) is 0 Å². The van der Waals surface area contributed by atoms with Crippen molar-refractivity contribution < 1.29 is 5.11 Å². The van der Waals surface area contributed by atoms with Crippen molar-refractivity contribution in [3.63, 3.8) is 0 Å². The summed E-state index contributed by atoms with van der Waals surface area (Å²) in [5.74, 6) is 0.552. The van der Waals surface area contributed by atoms with Crippen molar-refractivity contribution in [1.82, 2.24) is 9.97 Å². The van der Waals surface area contributed by atoms with Crippen LogP contribution >= 0.6 is 23.4 Å². The predicted octanol–water partition coefficient (Wildman–Crippen LogP) is 3.31. The molecule has 0 bridgehead atoms. The zero-order valence-electron chi connectivity index (χ0n) is 14.7. The molecular formula is C18H24ClN5OS. The number of rotatable bonds is 4. The average molecular weight is 394 g/mol. The number of halogens is 1. The van der Waals surface area contributed by atoms with Gasteiger partial charge in [-0.2, -0.15) is 0 Å². The van der Waals surface area contributed by atoms with Crippen LogP contribution in [0, 0.1) is 0 Å². The second-order valence-electron chi connectivity index (χ2n) is 7.11. The van der Waals surface area contributed by atoms with Crippen LogP contribution in [0.4, 0.5) is 11.5 Å². The summed E-state index contributed by atoms with van der Waals surface area (Å²) in [7, 11) is 0. The largest absolute Gasteiger partial charge is 0.398 e. The Morgan fingerprint density at radius 1 is 1.35 bits per heavy atom. The van der Waals surface area contributed by atoms with Crippen molar-refractivity contribution in [2.45, 2.75) is 60.6 Å². The van der Waals surface area contributed by atoms with Crippen molar-refractivity contribution in [1.29, 1.82) is 0 Å². The van der Waals surface area contributed by atoms with Gasteiger partial charge in [0.15, 0.2) is 0 Å². The van der Waals surface area contributed by atoms with E-state index in [0.717, 1.165) is 36.1 Å². The van der Waals surface area contributed by atoms with Crippen molar-refractivity contribution in [2.24, 2.45) is 5.73 Å². The van der Waals surface area contributed by atoms with Gasteiger partial charge in [0.25, 0.3) is 0 Å². The maximum atomic E-state index is 9.86. The van der Waals surface area contributed by atoms with E-state index in [2.05, 4.69) is 16.9 Å². The molecule has 3 rings (SSSR count). The molecule has 0 amide bonds. The van der Waals surface area contributed by atoms with Gasteiger partial charge in [-0.05, 0) is 50.7 Å². The van der Waals surface area contributed by atoms with Crippen molar-refractivity contribution >= 4 is 34.9 Å². The van der Waals surface area contributed by atoms with E-state index in [4.69, 9.17) is 28.8 Å². The maximum Gasteiger partial charge on any atom is 0.143 e. The Kier molecular flexibility index (Phi) is 5.62. The number of aliphatic hydroxyl groups is 1. The second-order valence-corrected chi connectivity index (χ2v) is 8.55. The standard InChI is InChI=1S/C18H24ClN5OS/c1-18(22)5-2-10(3-6-18)15-11(20)8-14(24-12(15)9-25)26-13-4-7-23-17(21)16(13)19/h4,7-8,10,25H,2-3,5-6,9,22H2,1H3,(H2,20,24)(H2,21,23). The summed E-state index contributed by atoms with van der Waals surface area (Å²) in [5.41, 5.74) is 20.4. The Morgan fingerprint density at radius 2 is 2.04 bits per heavy atom. The molecule has 140 valence electrons. The Hall–Kier alpha value is -1.54. The molecule has 2 heterocycles. The van der Waals surface area contributed by atoms with Crippen LogP contribution in [-0.4, -0.2) is 20.6 Å². The number of pyridine rings is 2. The van der Waals surface area contributed by atoms with E-state index in [9.17, 15) is 5.11 Å². The molecular weight excluding hydrogens is 370 g/mol. The third kappa shape index (κ3) is 4.06. The summed E-state index contributed by atoms with van der Waals surface area (Å²) in [6.45, 7) is 1.93. The number of nitrogens with two attached hydrogens (primary N) is 3. The van der Waals surface area contributed by atoms with Gasteiger partial charge in [0, 0.05) is 27.9 Å². The van der Waals surface area contributed by atoms with Gasteiger partial charge in [-0.25, -0.2) is 9.97 Å². The molecule has 2 aromatic heterocycles. The summed E-state index contributed by atoms with van der Waals surface area (Å²) in [5, 5.41) is 10.9. The predicted molar refractivity (Wildman–Crippen MR) is 106 cm³/mol. The van der Waals surface area contributed by atoms with Gasteiger partial charge in [0.2, 0.25) is 0 Å². The van der Waals surface area contributed by atoms with E-state index in [1.165, 1.54) is 11.8 Å². The molecule has 7 N–H and O–H groups in total. The minimum atomic E-state index is -0.156. The molecule has 0 aliphatic heterocycles. The van der Waals surface area contributed by atoms with E-state index in [1.807, 2.05) is 6.07 Å². The fraction of sp³-hybridized carbons (Fsp3) is 0.444. The van der Waals surface area contributed by atoms with Crippen LogP contribution in [-0.2, 0) is 6.61 Å². The van der Waals surface area contributed by atoms with Gasteiger partial charge in [0.05, 0.1) is 17.3 Å². The molecule has 8 heteroatoms. The number of hydrogen-bond donors (Lipinski definition) is 4. The molecule has 1 aliphatic rings. The molecule has 0 aromatic carbocycles. The van der Waals surface area contributed by atoms with E-state index < -0.39 is 0 Å². The normalized spacial score (nSPS) is 23.2. The quantitative estimate of drug-likeness (QED) is 0.627. The fourth-order valence-corrected chi connectivity index (χ4v) is 4.56. The van der Waals surface area contributed by atoms with Gasteiger partial charge < -0.3 is 22.3 Å². The van der Waals surface area contributed by atoms with Crippen molar-refractivity contribution in [2.75, 3.05) is 11.5 Å².